The minimum Gasteiger partial charge on any atom is -0.389 e. The van der Waals surface area contributed by atoms with Crippen LogP contribution in [0.5, 0.6) is 0 Å². The van der Waals surface area contributed by atoms with Crippen LogP contribution in [0.15, 0.2) is 47.1 Å². The number of sulfonamides is 1. The van der Waals surface area contributed by atoms with Crippen LogP contribution in [0.2, 0.25) is 0 Å². The maximum absolute atomic E-state index is 12.2. The van der Waals surface area contributed by atoms with Gasteiger partial charge in [-0.25, -0.2) is 13.4 Å². The highest BCUT2D eigenvalue weighted by atomic mass is 79.9. The van der Waals surface area contributed by atoms with Crippen LogP contribution in [-0.2, 0) is 15.8 Å². The van der Waals surface area contributed by atoms with Gasteiger partial charge in [0.25, 0.3) is 0 Å². The van der Waals surface area contributed by atoms with E-state index in [2.05, 4.69) is 25.6 Å². The number of nitrogens with one attached hydrogen (secondary N) is 1. The van der Waals surface area contributed by atoms with Crippen molar-refractivity contribution in [2.45, 2.75) is 5.75 Å². The van der Waals surface area contributed by atoms with Crippen LogP contribution in [0.1, 0.15) is 11.1 Å². The summed E-state index contributed by atoms with van der Waals surface area (Å²) >= 11 is 8.12. The second kappa shape index (κ2) is 6.50. The van der Waals surface area contributed by atoms with Gasteiger partial charge in [0.05, 0.1) is 10.2 Å². The molecule has 0 amide bonds. The highest BCUT2D eigenvalue weighted by Crippen LogP contribution is 2.20. The third kappa shape index (κ3) is 4.48. The number of nitrogens with zero attached hydrogens (tertiary/aromatic N) is 1. The van der Waals surface area contributed by atoms with E-state index in [1.807, 2.05) is 0 Å². The Kier molecular flexibility index (Phi) is 4.92. The van der Waals surface area contributed by atoms with Gasteiger partial charge in [0.2, 0.25) is 10.0 Å². The van der Waals surface area contributed by atoms with Crippen molar-refractivity contribution in [3.8, 4) is 0 Å². The van der Waals surface area contributed by atoms with Gasteiger partial charge in [0.15, 0.2) is 5.82 Å². The van der Waals surface area contributed by atoms with E-state index >= 15 is 0 Å². The lowest BCUT2D eigenvalue weighted by molar-refractivity contribution is 0.600. The molecule has 1 aromatic heterocycles. The fourth-order valence-corrected chi connectivity index (χ4v) is 3.44. The topological polar surface area (TPSA) is 85.1 Å². The normalized spacial score (nSPS) is 11.1. The first-order valence-electron chi connectivity index (χ1n) is 5.87. The van der Waals surface area contributed by atoms with Crippen LogP contribution >= 0.6 is 28.1 Å². The number of halogens is 1. The Bertz CT molecular complexity index is 778. The SMILES string of the molecule is NC(=S)c1cccc(CS(=O)(=O)Nc2ncccc2Br)c1. The van der Waals surface area contributed by atoms with Crippen LogP contribution in [0.25, 0.3) is 0 Å². The van der Waals surface area contributed by atoms with E-state index in [9.17, 15) is 8.42 Å². The molecule has 21 heavy (non-hydrogen) atoms. The Balaban J connectivity index is 2.20. The third-order valence-electron chi connectivity index (χ3n) is 2.58. The van der Waals surface area contributed by atoms with Crippen LogP contribution in [0.3, 0.4) is 0 Å². The first-order valence-corrected chi connectivity index (χ1v) is 8.72. The molecule has 0 aliphatic carbocycles. The molecule has 2 aromatic rings. The molecule has 0 aliphatic heterocycles. The quantitative estimate of drug-likeness (QED) is 0.771. The third-order valence-corrected chi connectivity index (χ3v) is 4.67. The van der Waals surface area contributed by atoms with Gasteiger partial charge >= 0.3 is 0 Å². The fraction of sp³-hybridized carbons (Fsp3) is 0.0769. The monoisotopic (exact) mass is 385 g/mol. The van der Waals surface area contributed by atoms with Crippen LogP contribution in [0, 0.1) is 0 Å². The predicted molar refractivity (Wildman–Crippen MR) is 90.5 cm³/mol. The first kappa shape index (κ1) is 15.9. The second-order valence-corrected chi connectivity index (χ2v) is 7.28. The van der Waals surface area contributed by atoms with Crippen molar-refractivity contribution in [3.05, 3.63) is 58.2 Å². The van der Waals surface area contributed by atoms with Gasteiger partial charge in [-0.2, -0.15) is 0 Å². The van der Waals surface area contributed by atoms with Gasteiger partial charge in [0, 0.05) is 11.8 Å². The Morgan fingerprint density at radius 1 is 1.33 bits per heavy atom. The largest absolute Gasteiger partial charge is 0.389 e. The molecule has 0 bridgehead atoms. The standard InChI is InChI=1S/C13H12BrN3O2S2/c14-11-5-2-6-16-13(11)17-21(18,19)8-9-3-1-4-10(7-9)12(15)20/h1-7H,8H2,(H2,15,20)(H,16,17). The first-order chi connectivity index (χ1) is 9.87. The molecule has 8 heteroatoms. The number of aromatic nitrogens is 1. The van der Waals surface area contributed by atoms with E-state index in [-0.39, 0.29) is 16.6 Å². The zero-order valence-corrected chi connectivity index (χ0v) is 14.0. The fourth-order valence-electron chi connectivity index (χ4n) is 1.68. The molecule has 0 fully saturated rings. The van der Waals surface area contributed by atoms with E-state index in [0.29, 0.717) is 15.6 Å². The van der Waals surface area contributed by atoms with Crippen molar-refractivity contribution in [1.29, 1.82) is 0 Å². The van der Waals surface area contributed by atoms with Crippen LogP contribution in [0.4, 0.5) is 5.82 Å². The molecule has 0 unspecified atom stereocenters. The summed E-state index contributed by atoms with van der Waals surface area (Å²) in [5.41, 5.74) is 6.77. The van der Waals surface area contributed by atoms with Crippen LogP contribution < -0.4 is 10.5 Å². The molecule has 110 valence electrons. The molecule has 0 saturated carbocycles. The Morgan fingerprint density at radius 2 is 2.10 bits per heavy atom. The maximum Gasteiger partial charge on any atom is 0.238 e. The number of hydrogen-bond donors (Lipinski definition) is 2. The highest BCUT2D eigenvalue weighted by molar-refractivity contribution is 9.10. The number of pyridine rings is 1. The summed E-state index contributed by atoms with van der Waals surface area (Å²) in [6, 6.07) is 10.2. The molecule has 1 aromatic carbocycles. The summed E-state index contributed by atoms with van der Waals surface area (Å²) in [5, 5.41) is 0. The van der Waals surface area contributed by atoms with Crippen molar-refractivity contribution in [1.82, 2.24) is 4.98 Å². The van der Waals surface area contributed by atoms with Gasteiger partial charge in [-0.15, -0.1) is 0 Å². The minimum absolute atomic E-state index is 0.188. The minimum atomic E-state index is -3.58. The Labute approximate surface area is 136 Å². The number of nitrogens with two attached hydrogens (primary N) is 1. The van der Waals surface area contributed by atoms with Crippen molar-refractivity contribution < 1.29 is 8.42 Å². The lowest BCUT2D eigenvalue weighted by Gasteiger charge is -2.09. The zero-order valence-electron chi connectivity index (χ0n) is 10.8. The summed E-state index contributed by atoms with van der Waals surface area (Å²) in [6.45, 7) is 0. The Morgan fingerprint density at radius 3 is 2.76 bits per heavy atom. The predicted octanol–water partition coefficient (Wildman–Crippen LogP) is 2.42. The zero-order chi connectivity index (χ0) is 15.5. The van der Waals surface area contributed by atoms with Gasteiger partial charge in [-0.1, -0.05) is 30.4 Å². The summed E-state index contributed by atoms with van der Waals surface area (Å²) in [6.07, 6.45) is 1.51. The molecule has 3 N–H and O–H groups in total. The number of benzene rings is 1. The molecule has 2 rings (SSSR count). The van der Waals surface area contributed by atoms with Crippen molar-refractivity contribution >= 4 is 49.0 Å². The number of rotatable bonds is 5. The van der Waals surface area contributed by atoms with Crippen molar-refractivity contribution in [3.63, 3.8) is 0 Å². The summed E-state index contributed by atoms with van der Waals surface area (Å²) in [4.78, 5) is 4.20. The lowest BCUT2D eigenvalue weighted by atomic mass is 10.1. The molecule has 0 aliphatic rings. The molecular weight excluding hydrogens is 374 g/mol. The number of hydrogen-bond acceptors (Lipinski definition) is 4. The van der Waals surface area contributed by atoms with Gasteiger partial charge in [-0.3, -0.25) is 4.72 Å². The molecule has 0 saturated heterocycles. The second-order valence-electron chi connectivity index (χ2n) is 4.26. The van der Waals surface area contributed by atoms with Crippen molar-refractivity contribution in [2.24, 2.45) is 5.73 Å². The van der Waals surface area contributed by atoms with Gasteiger partial charge < -0.3 is 5.73 Å². The Hall–Kier alpha value is -1.51. The summed E-state index contributed by atoms with van der Waals surface area (Å²) in [7, 11) is -3.58. The molecule has 0 spiro atoms. The maximum atomic E-state index is 12.2. The molecule has 1 heterocycles. The number of thiocarbonyl (C=S) groups is 1. The average Bonchev–Trinajstić information content (AvgIpc) is 2.41. The van der Waals surface area contributed by atoms with E-state index < -0.39 is 10.0 Å². The van der Waals surface area contributed by atoms with Gasteiger partial charge in [-0.05, 0) is 39.7 Å². The average molecular weight is 386 g/mol. The molecule has 0 radical (unpaired) electrons. The van der Waals surface area contributed by atoms with E-state index in [4.69, 9.17) is 18.0 Å². The van der Waals surface area contributed by atoms with Crippen LogP contribution in [-0.4, -0.2) is 18.4 Å². The molecular formula is C13H12BrN3O2S2. The highest BCUT2D eigenvalue weighted by Gasteiger charge is 2.14. The van der Waals surface area contributed by atoms with Crippen molar-refractivity contribution in [2.75, 3.05) is 4.72 Å². The smallest absolute Gasteiger partial charge is 0.238 e. The lowest BCUT2D eigenvalue weighted by Crippen LogP contribution is -2.17. The van der Waals surface area contributed by atoms with E-state index in [0.717, 1.165) is 0 Å². The molecule has 5 nitrogen and oxygen atoms in total. The number of anilines is 1. The summed E-state index contributed by atoms with van der Waals surface area (Å²) in [5.74, 6) is 0.0647. The van der Waals surface area contributed by atoms with E-state index in [1.54, 1.807) is 36.4 Å². The molecule has 0 atom stereocenters. The van der Waals surface area contributed by atoms with E-state index in [1.165, 1.54) is 6.20 Å². The van der Waals surface area contributed by atoms with Gasteiger partial charge in [0.1, 0.15) is 4.99 Å². The summed E-state index contributed by atoms with van der Waals surface area (Å²) < 4.78 is 27.3.